The molecular formula is C19H17Cl2FN4O3. The monoisotopic (exact) mass is 438 g/mol. The van der Waals surface area contributed by atoms with E-state index in [0.717, 1.165) is 11.6 Å². The van der Waals surface area contributed by atoms with Crippen LogP contribution in [0.2, 0.25) is 5.02 Å². The van der Waals surface area contributed by atoms with Crippen molar-refractivity contribution in [3.05, 3.63) is 65.5 Å². The molecule has 0 radical (unpaired) electrons. The lowest BCUT2D eigenvalue weighted by molar-refractivity contribution is -0.137. The third-order valence-electron chi connectivity index (χ3n) is 3.73. The summed E-state index contributed by atoms with van der Waals surface area (Å²) in [4.78, 5) is 23.1. The average molecular weight is 439 g/mol. The highest BCUT2D eigenvalue weighted by Gasteiger charge is 2.12. The Morgan fingerprint density at radius 2 is 1.97 bits per heavy atom. The molecule has 1 atom stereocenters. The first-order valence-electron chi connectivity index (χ1n) is 8.28. The van der Waals surface area contributed by atoms with Gasteiger partial charge in [0.05, 0.1) is 29.0 Å². The van der Waals surface area contributed by atoms with Crippen LogP contribution in [0.5, 0.6) is 11.6 Å². The van der Waals surface area contributed by atoms with Crippen LogP contribution in [0.15, 0.2) is 48.9 Å². The molecule has 2 aromatic heterocycles. The molecule has 1 aromatic carbocycles. The zero-order valence-corrected chi connectivity index (χ0v) is 16.5. The van der Waals surface area contributed by atoms with Crippen LogP contribution in [0.3, 0.4) is 0 Å². The lowest BCUT2D eigenvalue weighted by Gasteiger charge is -2.10. The van der Waals surface area contributed by atoms with Gasteiger partial charge < -0.3 is 15.6 Å². The van der Waals surface area contributed by atoms with Gasteiger partial charge in [0, 0.05) is 30.4 Å². The van der Waals surface area contributed by atoms with E-state index in [1.807, 2.05) is 0 Å². The summed E-state index contributed by atoms with van der Waals surface area (Å²) in [5, 5.41) is 8.98. The standard InChI is InChI=1S/C19H16ClFN4O3.ClH/c20-12-5-16(21)19(24-8-12)28-15-3-1-11(2-4-15)17-10-23-9-14(25-17)6-13(22)7-18(26)27;/h1-5,8-10,13H,6-7,22H2,(H,26,27);1H/t13-;/m1./s1. The fourth-order valence-electron chi connectivity index (χ4n) is 2.49. The maximum atomic E-state index is 13.8. The molecule has 0 bridgehead atoms. The number of aliphatic carboxylic acids is 1. The Morgan fingerprint density at radius 1 is 1.24 bits per heavy atom. The van der Waals surface area contributed by atoms with Gasteiger partial charge >= 0.3 is 5.97 Å². The van der Waals surface area contributed by atoms with Crippen LogP contribution >= 0.6 is 24.0 Å². The van der Waals surface area contributed by atoms with Crippen molar-refractivity contribution in [1.82, 2.24) is 15.0 Å². The Hall–Kier alpha value is -2.81. The smallest absolute Gasteiger partial charge is 0.304 e. The molecule has 3 N–H and O–H groups in total. The number of rotatable bonds is 7. The summed E-state index contributed by atoms with van der Waals surface area (Å²) in [6.07, 6.45) is 4.59. The van der Waals surface area contributed by atoms with E-state index in [1.165, 1.54) is 6.20 Å². The number of hydrogen-bond acceptors (Lipinski definition) is 6. The molecule has 29 heavy (non-hydrogen) atoms. The van der Waals surface area contributed by atoms with Gasteiger partial charge in [-0.05, 0) is 30.3 Å². The molecule has 3 aromatic rings. The van der Waals surface area contributed by atoms with E-state index in [0.29, 0.717) is 23.6 Å². The van der Waals surface area contributed by atoms with Crippen molar-refractivity contribution >= 4 is 30.0 Å². The summed E-state index contributed by atoms with van der Waals surface area (Å²) in [5.74, 6) is -1.40. The third kappa shape index (κ3) is 6.35. The second kappa shape index (κ2) is 10.1. The van der Waals surface area contributed by atoms with Gasteiger partial charge in [0.15, 0.2) is 5.82 Å². The first-order chi connectivity index (χ1) is 13.4. The fraction of sp³-hybridized carbons (Fsp3) is 0.158. The van der Waals surface area contributed by atoms with E-state index >= 15 is 0 Å². The Kier molecular flexibility index (Phi) is 7.83. The lowest BCUT2D eigenvalue weighted by atomic mass is 10.1. The van der Waals surface area contributed by atoms with Crippen molar-refractivity contribution in [3.63, 3.8) is 0 Å². The van der Waals surface area contributed by atoms with Gasteiger partial charge in [-0.25, -0.2) is 14.4 Å². The molecule has 0 fully saturated rings. The molecule has 0 aliphatic carbocycles. The number of carboxylic acids is 1. The maximum absolute atomic E-state index is 13.8. The van der Waals surface area contributed by atoms with Crippen molar-refractivity contribution in [2.24, 2.45) is 5.73 Å². The Morgan fingerprint density at radius 3 is 2.62 bits per heavy atom. The summed E-state index contributed by atoms with van der Waals surface area (Å²) in [7, 11) is 0. The Bertz CT molecular complexity index is 989. The van der Waals surface area contributed by atoms with E-state index in [4.69, 9.17) is 27.2 Å². The van der Waals surface area contributed by atoms with Gasteiger partial charge in [-0.2, -0.15) is 0 Å². The van der Waals surface area contributed by atoms with Crippen LogP contribution < -0.4 is 10.5 Å². The number of hydrogen-bond donors (Lipinski definition) is 2. The molecule has 0 aliphatic rings. The highest BCUT2D eigenvalue weighted by Crippen LogP contribution is 2.26. The van der Waals surface area contributed by atoms with Gasteiger partial charge in [0.25, 0.3) is 5.88 Å². The molecule has 3 rings (SSSR count). The van der Waals surface area contributed by atoms with Gasteiger partial charge in [-0.3, -0.25) is 9.78 Å². The average Bonchev–Trinajstić information content (AvgIpc) is 2.64. The summed E-state index contributed by atoms with van der Waals surface area (Å²) in [6, 6.07) is 7.36. The lowest BCUT2D eigenvalue weighted by Crippen LogP contribution is -2.26. The molecule has 0 spiro atoms. The fourth-order valence-corrected chi connectivity index (χ4v) is 2.64. The van der Waals surface area contributed by atoms with Crippen molar-refractivity contribution in [1.29, 1.82) is 0 Å². The number of aromatic nitrogens is 3. The van der Waals surface area contributed by atoms with Crippen LogP contribution in [0, 0.1) is 5.82 Å². The zero-order chi connectivity index (χ0) is 20.1. The van der Waals surface area contributed by atoms with Crippen molar-refractivity contribution in [2.75, 3.05) is 0 Å². The van der Waals surface area contributed by atoms with E-state index in [2.05, 4.69) is 15.0 Å². The molecule has 0 amide bonds. The molecule has 0 unspecified atom stereocenters. The summed E-state index contributed by atoms with van der Waals surface area (Å²) in [5.41, 5.74) is 7.76. The number of nitrogens with zero attached hydrogens (tertiary/aromatic N) is 3. The first-order valence-corrected chi connectivity index (χ1v) is 8.66. The molecule has 2 heterocycles. The molecule has 10 heteroatoms. The minimum Gasteiger partial charge on any atom is -0.481 e. The predicted octanol–water partition coefficient (Wildman–Crippen LogP) is 3.89. The number of carbonyl (C=O) groups is 1. The molecule has 0 saturated heterocycles. The third-order valence-corrected chi connectivity index (χ3v) is 3.94. The number of carboxylic acid groups (broad SMARTS) is 1. The minimum atomic E-state index is -0.959. The SMILES string of the molecule is Cl.N[C@@H](CC(=O)O)Cc1cncc(-c2ccc(Oc3ncc(Cl)cc3F)cc2)n1. The van der Waals surface area contributed by atoms with Crippen molar-refractivity contribution in [2.45, 2.75) is 18.9 Å². The van der Waals surface area contributed by atoms with Crippen LogP contribution in [-0.2, 0) is 11.2 Å². The first kappa shape index (κ1) is 22.5. The van der Waals surface area contributed by atoms with Crippen LogP contribution in [0.25, 0.3) is 11.3 Å². The van der Waals surface area contributed by atoms with Gasteiger partial charge in [-0.1, -0.05) is 11.6 Å². The highest BCUT2D eigenvalue weighted by molar-refractivity contribution is 6.30. The molecular weight excluding hydrogens is 422 g/mol. The second-order valence-electron chi connectivity index (χ2n) is 6.02. The topological polar surface area (TPSA) is 111 Å². The van der Waals surface area contributed by atoms with Gasteiger partial charge in [-0.15, -0.1) is 12.4 Å². The highest BCUT2D eigenvalue weighted by atomic mass is 35.5. The molecule has 0 aliphatic heterocycles. The quantitative estimate of drug-likeness (QED) is 0.575. The van der Waals surface area contributed by atoms with Crippen LogP contribution in [0.1, 0.15) is 12.1 Å². The number of halogens is 3. The van der Waals surface area contributed by atoms with E-state index < -0.39 is 17.8 Å². The maximum Gasteiger partial charge on any atom is 0.304 e. The summed E-state index contributed by atoms with van der Waals surface area (Å²) < 4.78 is 19.2. The summed E-state index contributed by atoms with van der Waals surface area (Å²) >= 11 is 5.67. The normalized spacial score (nSPS) is 11.4. The summed E-state index contributed by atoms with van der Waals surface area (Å²) in [6.45, 7) is 0. The Balaban J connectivity index is 0.00000300. The predicted molar refractivity (Wildman–Crippen MR) is 108 cm³/mol. The minimum absolute atomic E-state index is 0. The number of ether oxygens (including phenoxy) is 1. The second-order valence-corrected chi connectivity index (χ2v) is 6.46. The van der Waals surface area contributed by atoms with E-state index in [9.17, 15) is 9.18 Å². The molecule has 0 saturated carbocycles. The van der Waals surface area contributed by atoms with Crippen LogP contribution in [0.4, 0.5) is 4.39 Å². The van der Waals surface area contributed by atoms with Crippen molar-refractivity contribution < 1.29 is 19.0 Å². The molecule has 7 nitrogen and oxygen atoms in total. The number of benzene rings is 1. The largest absolute Gasteiger partial charge is 0.481 e. The number of nitrogens with two attached hydrogens (primary N) is 1. The van der Waals surface area contributed by atoms with E-state index in [1.54, 1.807) is 36.7 Å². The van der Waals surface area contributed by atoms with Gasteiger partial charge in [0.2, 0.25) is 0 Å². The Labute approximate surface area is 177 Å². The van der Waals surface area contributed by atoms with Crippen molar-refractivity contribution in [3.8, 4) is 22.9 Å². The van der Waals surface area contributed by atoms with E-state index in [-0.39, 0.29) is 29.7 Å². The zero-order valence-electron chi connectivity index (χ0n) is 15.0. The van der Waals surface area contributed by atoms with Crippen LogP contribution in [-0.4, -0.2) is 32.1 Å². The van der Waals surface area contributed by atoms with Gasteiger partial charge in [0.1, 0.15) is 5.75 Å². The number of pyridine rings is 1. The molecule has 152 valence electrons.